The molecule has 2 atom stereocenters. The summed E-state index contributed by atoms with van der Waals surface area (Å²) in [6.07, 6.45) is 4.57. The van der Waals surface area contributed by atoms with Gasteiger partial charge in [-0.15, -0.1) is 11.3 Å². The van der Waals surface area contributed by atoms with Gasteiger partial charge in [0.15, 0.2) is 0 Å². The first kappa shape index (κ1) is 16.8. The molecule has 3 N–H and O–H groups in total. The fourth-order valence-electron chi connectivity index (χ4n) is 3.41. The molecule has 26 heavy (non-hydrogen) atoms. The second-order valence-electron chi connectivity index (χ2n) is 6.36. The van der Waals surface area contributed by atoms with E-state index in [2.05, 4.69) is 5.32 Å². The number of hydrogen-bond donors (Lipinski definition) is 3. The van der Waals surface area contributed by atoms with Crippen molar-refractivity contribution in [1.82, 2.24) is 10.8 Å². The minimum Gasteiger partial charge on any atom is -0.492 e. The summed E-state index contributed by atoms with van der Waals surface area (Å²) in [5.74, 6) is 0.0337. The van der Waals surface area contributed by atoms with Crippen molar-refractivity contribution in [3.63, 3.8) is 0 Å². The van der Waals surface area contributed by atoms with E-state index in [1.807, 2.05) is 42.5 Å². The Morgan fingerprint density at radius 3 is 2.88 bits per heavy atom. The zero-order valence-corrected chi connectivity index (χ0v) is 14.7. The van der Waals surface area contributed by atoms with Crippen LogP contribution in [0.1, 0.15) is 16.1 Å². The van der Waals surface area contributed by atoms with Crippen molar-refractivity contribution in [3.05, 3.63) is 58.7 Å². The van der Waals surface area contributed by atoms with Crippen LogP contribution in [0.3, 0.4) is 0 Å². The summed E-state index contributed by atoms with van der Waals surface area (Å²) in [6.45, 7) is 0.759. The van der Waals surface area contributed by atoms with Gasteiger partial charge in [0.1, 0.15) is 12.4 Å². The molecular weight excluding hydrogens is 352 g/mol. The average Bonchev–Trinajstić information content (AvgIpc) is 3.09. The Kier molecular flexibility index (Phi) is 4.48. The highest BCUT2D eigenvalue weighted by Crippen LogP contribution is 2.45. The first-order valence-electron chi connectivity index (χ1n) is 8.41. The Labute approximate surface area is 154 Å². The number of allylic oxidation sites excluding steroid dienone is 2. The molecule has 1 aromatic carbocycles. The number of carbonyl (C=O) groups excluding carboxylic acids is 2. The van der Waals surface area contributed by atoms with E-state index in [1.54, 1.807) is 5.48 Å². The maximum Gasteiger partial charge on any atom is 0.261 e. The third-order valence-electron chi connectivity index (χ3n) is 4.70. The van der Waals surface area contributed by atoms with Crippen LogP contribution in [0.5, 0.6) is 0 Å². The average molecular weight is 370 g/mol. The Bertz CT molecular complexity index is 898. The smallest absolute Gasteiger partial charge is 0.261 e. The molecule has 0 radical (unpaired) electrons. The highest BCUT2D eigenvalue weighted by Gasteiger charge is 2.42. The lowest BCUT2D eigenvalue weighted by atomic mass is 9.65. The summed E-state index contributed by atoms with van der Waals surface area (Å²) in [6, 6.07) is 9.80. The zero-order valence-electron chi connectivity index (χ0n) is 13.9. The summed E-state index contributed by atoms with van der Waals surface area (Å²) in [5.41, 5.74) is 2.67. The molecule has 2 amide bonds. The summed E-state index contributed by atoms with van der Waals surface area (Å²) in [4.78, 5) is 24.4. The second-order valence-corrected chi connectivity index (χ2v) is 7.45. The van der Waals surface area contributed by atoms with Crippen LogP contribution in [-0.2, 0) is 9.53 Å². The van der Waals surface area contributed by atoms with Gasteiger partial charge in [0.25, 0.3) is 11.8 Å². The number of ether oxygens (including phenoxy) is 1. The summed E-state index contributed by atoms with van der Waals surface area (Å²) in [5, 5.41) is 12.7. The van der Waals surface area contributed by atoms with E-state index in [-0.39, 0.29) is 23.7 Å². The van der Waals surface area contributed by atoms with E-state index in [0.29, 0.717) is 23.8 Å². The van der Waals surface area contributed by atoms with Gasteiger partial charge >= 0.3 is 0 Å². The van der Waals surface area contributed by atoms with Crippen molar-refractivity contribution in [2.45, 2.75) is 6.42 Å². The number of fused-ring (bicyclic) bond motifs is 2. The molecule has 1 heterocycles. The SMILES string of the molecule is O=C(NCCOC1=CC2CC(=C1)C2C(=O)NO)c1cc2ccccc2s1. The number of benzene rings is 1. The second kappa shape index (κ2) is 6.93. The van der Waals surface area contributed by atoms with Crippen molar-refractivity contribution in [2.75, 3.05) is 13.2 Å². The van der Waals surface area contributed by atoms with Crippen molar-refractivity contribution >= 4 is 33.2 Å². The molecular formula is C19H18N2O4S. The number of thiophene rings is 1. The molecule has 134 valence electrons. The number of carbonyl (C=O) groups is 2. The zero-order chi connectivity index (χ0) is 18.1. The summed E-state index contributed by atoms with van der Waals surface area (Å²) in [7, 11) is 0. The van der Waals surface area contributed by atoms with Crippen molar-refractivity contribution in [1.29, 1.82) is 0 Å². The maximum absolute atomic E-state index is 12.2. The molecule has 1 saturated carbocycles. The molecule has 1 fully saturated rings. The van der Waals surface area contributed by atoms with E-state index in [0.717, 1.165) is 22.1 Å². The molecule has 5 rings (SSSR count). The Balaban J connectivity index is 1.25. The quantitative estimate of drug-likeness (QED) is 0.414. The molecule has 2 unspecified atom stereocenters. The Hall–Kier alpha value is -2.64. The van der Waals surface area contributed by atoms with E-state index in [1.165, 1.54) is 11.3 Å². The molecule has 2 aromatic rings. The normalized spacial score (nSPS) is 20.7. The molecule has 0 spiro atoms. The minimum atomic E-state index is -0.376. The van der Waals surface area contributed by atoms with Gasteiger partial charge in [-0.25, -0.2) is 5.48 Å². The molecule has 0 saturated heterocycles. The monoisotopic (exact) mass is 370 g/mol. The molecule has 6 nitrogen and oxygen atoms in total. The van der Waals surface area contributed by atoms with Gasteiger partial charge in [-0.2, -0.15) is 0 Å². The van der Waals surface area contributed by atoms with Crippen LogP contribution >= 0.6 is 11.3 Å². The van der Waals surface area contributed by atoms with Gasteiger partial charge in [0.05, 0.1) is 17.3 Å². The fraction of sp³-hybridized carbons (Fsp3) is 0.263. The lowest BCUT2D eigenvalue weighted by Gasteiger charge is -2.39. The van der Waals surface area contributed by atoms with Gasteiger partial charge in [0, 0.05) is 4.70 Å². The van der Waals surface area contributed by atoms with Crippen LogP contribution in [0.25, 0.3) is 10.1 Å². The predicted molar refractivity (Wildman–Crippen MR) is 97.8 cm³/mol. The van der Waals surface area contributed by atoms with Crippen LogP contribution in [0.2, 0.25) is 0 Å². The molecule has 7 heteroatoms. The highest BCUT2D eigenvalue weighted by atomic mass is 32.1. The standard InChI is InChI=1S/C19H18N2O4S/c22-18(16-10-11-3-1-2-4-15(11)26-16)20-5-6-25-14-8-12-7-13(9-14)17(12)19(23)21-24/h1-4,8-10,12,17,24H,5-7H2,(H,20,22)(H,21,23). The number of nitrogens with one attached hydrogen (secondary N) is 2. The van der Waals surface area contributed by atoms with E-state index in [9.17, 15) is 9.59 Å². The van der Waals surface area contributed by atoms with Gasteiger partial charge in [-0.05, 0) is 42.0 Å². The van der Waals surface area contributed by atoms with Gasteiger partial charge in [-0.3, -0.25) is 14.8 Å². The Morgan fingerprint density at radius 1 is 1.31 bits per heavy atom. The van der Waals surface area contributed by atoms with Crippen LogP contribution in [0, 0.1) is 11.8 Å². The summed E-state index contributed by atoms with van der Waals surface area (Å²) >= 11 is 1.47. The molecule has 1 aromatic heterocycles. The van der Waals surface area contributed by atoms with Gasteiger partial charge in [0.2, 0.25) is 0 Å². The Morgan fingerprint density at radius 2 is 2.15 bits per heavy atom. The molecule has 0 aliphatic heterocycles. The first-order chi connectivity index (χ1) is 12.7. The van der Waals surface area contributed by atoms with Gasteiger partial charge in [-0.1, -0.05) is 23.8 Å². The lowest BCUT2D eigenvalue weighted by molar-refractivity contribution is -0.135. The molecule has 3 aliphatic rings. The van der Waals surface area contributed by atoms with Crippen molar-refractivity contribution in [2.24, 2.45) is 11.8 Å². The fourth-order valence-corrected chi connectivity index (χ4v) is 4.39. The number of hydroxylamine groups is 1. The largest absolute Gasteiger partial charge is 0.492 e. The van der Waals surface area contributed by atoms with Gasteiger partial charge < -0.3 is 10.1 Å². The van der Waals surface area contributed by atoms with Crippen LogP contribution in [0.4, 0.5) is 0 Å². The molecule has 3 aliphatic carbocycles. The first-order valence-corrected chi connectivity index (χ1v) is 9.23. The van der Waals surface area contributed by atoms with Crippen molar-refractivity contribution in [3.8, 4) is 0 Å². The van der Waals surface area contributed by atoms with Crippen LogP contribution in [-0.4, -0.2) is 30.2 Å². The minimum absolute atomic E-state index is 0.0743. The number of amides is 2. The summed E-state index contributed by atoms with van der Waals surface area (Å²) < 4.78 is 6.76. The third kappa shape index (κ3) is 3.11. The maximum atomic E-state index is 12.2. The van der Waals surface area contributed by atoms with Crippen LogP contribution in [0.15, 0.2) is 53.8 Å². The number of rotatable bonds is 6. The van der Waals surface area contributed by atoms with Crippen LogP contribution < -0.4 is 10.8 Å². The van der Waals surface area contributed by atoms with E-state index < -0.39 is 0 Å². The number of hydrogen-bond acceptors (Lipinski definition) is 5. The van der Waals surface area contributed by atoms with E-state index in [4.69, 9.17) is 9.94 Å². The van der Waals surface area contributed by atoms with E-state index >= 15 is 0 Å². The van der Waals surface area contributed by atoms with Crippen molar-refractivity contribution < 1.29 is 19.5 Å². The predicted octanol–water partition coefficient (Wildman–Crippen LogP) is 2.61. The third-order valence-corrected chi connectivity index (χ3v) is 5.82. The molecule has 2 bridgehead atoms. The highest BCUT2D eigenvalue weighted by molar-refractivity contribution is 7.20. The lowest BCUT2D eigenvalue weighted by Crippen LogP contribution is -2.42. The topological polar surface area (TPSA) is 87.7 Å².